The van der Waals surface area contributed by atoms with Gasteiger partial charge in [-0.05, 0) is 127 Å². The van der Waals surface area contributed by atoms with Crippen LogP contribution in [0.2, 0.25) is 0 Å². The van der Waals surface area contributed by atoms with E-state index in [-0.39, 0.29) is 18.0 Å². The van der Waals surface area contributed by atoms with Crippen LogP contribution in [-0.2, 0) is 11.2 Å². The Labute approximate surface area is 224 Å². The van der Waals surface area contributed by atoms with Crippen LogP contribution in [0.3, 0.4) is 0 Å². The number of rotatable bonds is 8. The highest BCUT2D eigenvalue weighted by Crippen LogP contribution is 2.40. The number of hydrogen-bond donors (Lipinski definition) is 3. The Morgan fingerprint density at radius 1 is 1.17 bits per heavy atom. The van der Waals surface area contributed by atoms with E-state index in [2.05, 4.69) is 67.8 Å². The van der Waals surface area contributed by atoms with Crippen molar-refractivity contribution in [1.82, 2.24) is 0 Å². The minimum atomic E-state index is -1.11. The zero-order chi connectivity index (χ0) is 21.9. The van der Waals surface area contributed by atoms with Crippen LogP contribution < -0.4 is 10.5 Å². The topological polar surface area (TPSA) is 110 Å². The molecule has 6 nitrogen and oxygen atoms in total. The van der Waals surface area contributed by atoms with Crippen molar-refractivity contribution in [2.45, 2.75) is 12.5 Å². The highest BCUT2D eigenvalue weighted by molar-refractivity contribution is 14.1. The summed E-state index contributed by atoms with van der Waals surface area (Å²) in [5.74, 6) is 0.0957. The number of nitrogens with two attached hydrogens (primary N) is 1. The first kappa shape index (κ1) is 25.7. The van der Waals surface area contributed by atoms with Gasteiger partial charge in [0.2, 0.25) is 0 Å². The fraction of sp³-hybridized carbons (Fsp3) is 0.222. The summed E-state index contributed by atoms with van der Waals surface area (Å²) >= 11 is 8.33. The molecule has 0 aliphatic carbocycles. The zero-order valence-electron chi connectivity index (χ0n) is 14.9. The van der Waals surface area contributed by atoms with Gasteiger partial charge < -0.3 is 20.7 Å². The number of ketones is 1. The second-order valence-corrected chi connectivity index (χ2v) is 11.4. The molecule has 0 saturated carbocycles. The Balaban J connectivity index is 2.59. The SMILES string of the molecule is CPCC(=O)c1c(CC(N)C(=O)O)cc(I)c(Oc2ccc(O)c(I)c2I)c1I. The third kappa shape index (κ3) is 6.26. The first-order valence-corrected chi connectivity index (χ1v) is 14.1. The fourth-order valence-corrected chi connectivity index (χ4v) is 6.32. The first-order chi connectivity index (χ1) is 13.6. The molecule has 156 valence electrons. The Morgan fingerprint density at radius 3 is 2.41 bits per heavy atom. The predicted molar refractivity (Wildman–Crippen MR) is 148 cm³/mol. The molecule has 2 atom stereocenters. The summed E-state index contributed by atoms with van der Waals surface area (Å²) in [5, 5.41) is 19.1. The van der Waals surface area contributed by atoms with Crippen molar-refractivity contribution >= 4 is 111 Å². The average molecular weight is 865 g/mol. The van der Waals surface area contributed by atoms with Crippen molar-refractivity contribution in [3.8, 4) is 17.2 Å². The Hall–Kier alpha value is 0.490. The number of halogens is 4. The van der Waals surface area contributed by atoms with Crippen LogP contribution in [0.1, 0.15) is 15.9 Å². The van der Waals surface area contributed by atoms with E-state index in [9.17, 15) is 19.8 Å². The Morgan fingerprint density at radius 2 is 1.83 bits per heavy atom. The molecule has 0 radical (unpaired) electrons. The van der Waals surface area contributed by atoms with Gasteiger partial charge in [0.25, 0.3) is 0 Å². The van der Waals surface area contributed by atoms with Crippen molar-refractivity contribution < 1.29 is 24.5 Å². The maximum Gasteiger partial charge on any atom is 0.320 e. The molecule has 0 heterocycles. The minimum absolute atomic E-state index is 0.0564. The van der Waals surface area contributed by atoms with Crippen LogP contribution >= 0.6 is 98.9 Å². The van der Waals surface area contributed by atoms with Gasteiger partial charge in [-0.3, -0.25) is 9.59 Å². The van der Waals surface area contributed by atoms with Crippen molar-refractivity contribution in [3.63, 3.8) is 0 Å². The van der Waals surface area contributed by atoms with Crippen molar-refractivity contribution in [2.75, 3.05) is 12.8 Å². The second-order valence-electron chi connectivity index (χ2n) is 5.95. The molecule has 2 aromatic rings. The average Bonchev–Trinajstić information content (AvgIpc) is 2.64. The molecule has 4 N–H and O–H groups in total. The van der Waals surface area contributed by atoms with Crippen LogP contribution in [-0.4, -0.2) is 40.8 Å². The van der Waals surface area contributed by atoms with E-state index in [0.717, 1.165) is 7.14 Å². The molecule has 2 unspecified atom stereocenters. The molecule has 0 bridgehead atoms. The summed E-state index contributed by atoms with van der Waals surface area (Å²) in [5.41, 5.74) is 6.81. The van der Waals surface area contributed by atoms with Gasteiger partial charge in [0, 0.05) is 11.7 Å². The number of aliphatic carboxylic acids is 1. The largest absolute Gasteiger partial charge is 0.507 e. The fourth-order valence-electron chi connectivity index (χ4n) is 2.49. The van der Waals surface area contributed by atoms with Crippen molar-refractivity contribution in [1.29, 1.82) is 0 Å². The lowest BCUT2D eigenvalue weighted by Crippen LogP contribution is -2.33. The molecular weight excluding hydrogens is 849 g/mol. The maximum absolute atomic E-state index is 12.8. The molecule has 11 heteroatoms. The molecule has 0 aliphatic rings. The summed E-state index contributed by atoms with van der Waals surface area (Å²) in [6.45, 7) is 1.94. The van der Waals surface area contributed by atoms with E-state index < -0.39 is 12.0 Å². The summed E-state index contributed by atoms with van der Waals surface area (Å²) in [6.07, 6.45) is 0.435. The second kappa shape index (κ2) is 11.4. The quantitative estimate of drug-likeness (QED) is 0.195. The normalized spacial score (nSPS) is 12.3. The smallest absolute Gasteiger partial charge is 0.320 e. The molecule has 0 spiro atoms. The van der Waals surface area contributed by atoms with E-state index in [1.54, 1.807) is 18.2 Å². The number of Topliss-reactive ketones (excluding diaryl/α,β-unsaturated/α-hetero) is 1. The van der Waals surface area contributed by atoms with Crippen LogP contribution in [0, 0.1) is 14.3 Å². The summed E-state index contributed by atoms with van der Waals surface area (Å²) in [4.78, 5) is 24.1. The van der Waals surface area contributed by atoms with Crippen molar-refractivity contribution in [3.05, 3.63) is 43.6 Å². The van der Waals surface area contributed by atoms with Crippen molar-refractivity contribution in [2.24, 2.45) is 5.73 Å². The Bertz CT molecular complexity index is 970. The number of aromatic hydroxyl groups is 1. The van der Waals surface area contributed by atoms with Gasteiger partial charge in [0.05, 0.1) is 14.3 Å². The number of carboxylic acid groups (broad SMARTS) is 1. The summed E-state index contributed by atoms with van der Waals surface area (Å²) in [7, 11) is 0.437. The molecule has 0 amide bonds. The zero-order valence-corrected chi connectivity index (χ0v) is 24.6. The lowest BCUT2D eigenvalue weighted by atomic mass is 9.98. The van der Waals surface area contributed by atoms with E-state index in [4.69, 9.17) is 10.5 Å². The highest BCUT2D eigenvalue weighted by atomic mass is 127. The van der Waals surface area contributed by atoms with E-state index in [1.807, 2.05) is 29.3 Å². The molecule has 0 aliphatic heterocycles. The number of ether oxygens (including phenoxy) is 1. The molecule has 0 aromatic heterocycles. The number of carbonyl (C=O) groups is 2. The number of phenolic OH excluding ortho intramolecular Hbond substituents is 1. The van der Waals surface area contributed by atoms with Crippen LogP contribution in [0.5, 0.6) is 17.2 Å². The number of hydrogen-bond acceptors (Lipinski definition) is 5. The first-order valence-electron chi connectivity index (χ1n) is 8.10. The number of benzene rings is 2. The third-order valence-corrected chi connectivity index (χ3v) is 9.57. The predicted octanol–water partition coefficient (Wildman–Crippen LogP) is 5.05. The van der Waals surface area contributed by atoms with Gasteiger partial charge in [-0.25, -0.2) is 0 Å². The van der Waals surface area contributed by atoms with Crippen LogP contribution in [0.4, 0.5) is 0 Å². The maximum atomic E-state index is 12.8. The van der Waals surface area contributed by atoms with Gasteiger partial charge in [-0.15, -0.1) is 8.58 Å². The highest BCUT2D eigenvalue weighted by Gasteiger charge is 2.25. The molecule has 0 saturated heterocycles. The molecule has 2 aromatic carbocycles. The van der Waals surface area contributed by atoms with Gasteiger partial charge >= 0.3 is 5.97 Å². The van der Waals surface area contributed by atoms with E-state index in [1.165, 1.54) is 0 Å². The minimum Gasteiger partial charge on any atom is -0.507 e. The third-order valence-electron chi connectivity index (χ3n) is 3.87. The number of carboxylic acids is 1. The number of phenols is 1. The molecule has 0 fully saturated rings. The Kier molecular flexibility index (Phi) is 10.1. The van der Waals surface area contributed by atoms with Gasteiger partial charge in [-0.1, -0.05) is 0 Å². The molecule has 29 heavy (non-hydrogen) atoms. The summed E-state index contributed by atoms with van der Waals surface area (Å²) < 4.78 is 8.96. The standard InChI is InChI=1S/C18H16I4NO5P/c1-29-6-11(25)13-7(5-9(23)18(26)27)4-8(19)17(16(13)22)28-12-3-2-10(24)14(20)15(12)21/h2-4,9,24,29H,5-6,23H2,1H3,(H,26,27). The number of carbonyl (C=O) groups excluding carboxylic acids is 1. The lowest BCUT2D eigenvalue weighted by molar-refractivity contribution is -0.138. The van der Waals surface area contributed by atoms with E-state index >= 15 is 0 Å². The molecular formula is C18H16I4NO5P. The summed E-state index contributed by atoms with van der Waals surface area (Å²) in [6, 6.07) is 3.91. The van der Waals surface area contributed by atoms with Gasteiger partial charge in [0.1, 0.15) is 17.5 Å². The van der Waals surface area contributed by atoms with Crippen LogP contribution in [0.25, 0.3) is 0 Å². The monoisotopic (exact) mass is 865 g/mol. The van der Waals surface area contributed by atoms with Crippen LogP contribution in [0.15, 0.2) is 18.2 Å². The van der Waals surface area contributed by atoms with E-state index in [0.29, 0.717) is 44.5 Å². The van der Waals surface area contributed by atoms with Gasteiger partial charge in [-0.2, -0.15) is 0 Å². The van der Waals surface area contributed by atoms with Gasteiger partial charge in [0.15, 0.2) is 11.5 Å². The molecule has 2 rings (SSSR count). The lowest BCUT2D eigenvalue weighted by Gasteiger charge is -2.19.